The zero-order valence-electron chi connectivity index (χ0n) is 9.17. The fourth-order valence-electron chi connectivity index (χ4n) is 2.17. The molecule has 0 bridgehead atoms. The molecule has 1 saturated heterocycles. The lowest BCUT2D eigenvalue weighted by molar-refractivity contribution is -0.117. The summed E-state index contributed by atoms with van der Waals surface area (Å²) in [5.41, 5.74) is 1.80. The molecule has 0 aromatic carbocycles. The maximum absolute atomic E-state index is 11.9. The lowest BCUT2D eigenvalue weighted by Crippen LogP contribution is -2.30. The first-order valence-corrected chi connectivity index (χ1v) is 5.34. The van der Waals surface area contributed by atoms with Crippen LogP contribution >= 0.6 is 0 Å². The molecule has 0 radical (unpaired) electrons. The molecule has 0 N–H and O–H groups in total. The summed E-state index contributed by atoms with van der Waals surface area (Å²) in [5, 5.41) is 0. The Morgan fingerprint density at radius 2 is 1.73 bits per heavy atom. The molecule has 0 aromatic heterocycles. The van der Waals surface area contributed by atoms with E-state index < -0.39 is 0 Å². The number of likely N-dealkylation sites (tertiary alicyclic amines) is 1. The van der Waals surface area contributed by atoms with Crippen molar-refractivity contribution in [3.63, 3.8) is 0 Å². The Morgan fingerprint density at radius 1 is 1.13 bits per heavy atom. The van der Waals surface area contributed by atoms with Crippen molar-refractivity contribution < 1.29 is 9.59 Å². The van der Waals surface area contributed by atoms with Crippen LogP contribution in [0.4, 0.5) is 0 Å². The van der Waals surface area contributed by atoms with Crippen molar-refractivity contribution >= 4 is 11.6 Å². The highest BCUT2D eigenvalue weighted by molar-refractivity contribution is 6.21. The Bertz CT molecular complexity index is 384. The van der Waals surface area contributed by atoms with E-state index in [1.807, 2.05) is 4.90 Å². The Hall–Kier alpha value is -1.38. The lowest BCUT2D eigenvalue weighted by Gasteiger charge is -2.24. The van der Waals surface area contributed by atoms with Crippen LogP contribution in [0.15, 0.2) is 22.9 Å². The molecule has 1 aliphatic heterocycles. The molecule has 0 unspecified atom stereocenters. The molecule has 1 heterocycles. The van der Waals surface area contributed by atoms with Gasteiger partial charge in [-0.3, -0.25) is 9.59 Å². The van der Waals surface area contributed by atoms with E-state index in [-0.39, 0.29) is 11.6 Å². The van der Waals surface area contributed by atoms with Crippen LogP contribution in [0.3, 0.4) is 0 Å². The van der Waals surface area contributed by atoms with Gasteiger partial charge in [0.15, 0.2) is 5.78 Å². The summed E-state index contributed by atoms with van der Waals surface area (Å²) in [5.74, 6) is 0.00278. The third kappa shape index (κ3) is 1.62. The SMILES string of the molecule is CC1=CC(=O)C(C)=C(N2CCCC2)C1=O. The van der Waals surface area contributed by atoms with E-state index in [0.29, 0.717) is 16.8 Å². The summed E-state index contributed by atoms with van der Waals surface area (Å²) < 4.78 is 0. The van der Waals surface area contributed by atoms with Crippen molar-refractivity contribution in [3.05, 3.63) is 22.9 Å². The third-order valence-electron chi connectivity index (χ3n) is 3.07. The molecule has 0 amide bonds. The molecule has 1 fully saturated rings. The van der Waals surface area contributed by atoms with Crippen molar-refractivity contribution in [2.24, 2.45) is 0 Å². The van der Waals surface area contributed by atoms with Crippen molar-refractivity contribution in [3.8, 4) is 0 Å². The van der Waals surface area contributed by atoms with Crippen LogP contribution in [0.2, 0.25) is 0 Å². The second-order valence-electron chi connectivity index (χ2n) is 4.19. The highest BCUT2D eigenvalue weighted by atomic mass is 16.1. The van der Waals surface area contributed by atoms with Gasteiger partial charge in [0, 0.05) is 24.2 Å². The first kappa shape index (κ1) is 10.1. The van der Waals surface area contributed by atoms with Gasteiger partial charge < -0.3 is 4.90 Å². The number of carbonyl (C=O) groups is 2. The van der Waals surface area contributed by atoms with Crippen molar-refractivity contribution in [2.45, 2.75) is 26.7 Å². The molecule has 2 rings (SSSR count). The minimum atomic E-state index is -0.0194. The predicted molar refractivity (Wildman–Crippen MR) is 57.3 cm³/mol. The summed E-state index contributed by atoms with van der Waals surface area (Å²) >= 11 is 0. The van der Waals surface area contributed by atoms with Gasteiger partial charge in [0.05, 0.1) is 5.70 Å². The summed E-state index contributed by atoms with van der Waals surface area (Å²) in [4.78, 5) is 25.6. The first-order valence-electron chi connectivity index (χ1n) is 5.34. The monoisotopic (exact) mass is 205 g/mol. The minimum absolute atomic E-state index is 0.0194. The van der Waals surface area contributed by atoms with E-state index in [1.54, 1.807) is 13.8 Å². The first-order chi connectivity index (χ1) is 7.11. The van der Waals surface area contributed by atoms with Crippen LogP contribution in [0.25, 0.3) is 0 Å². The molecule has 3 heteroatoms. The smallest absolute Gasteiger partial charge is 0.205 e. The van der Waals surface area contributed by atoms with E-state index in [4.69, 9.17) is 0 Å². The standard InChI is InChI=1S/C12H15NO2/c1-8-7-10(14)9(2)11(12(8)15)13-5-3-4-6-13/h7H,3-6H2,1-2H3. The minimum Gasteiger partial charge on any atom is -0.368 e. The summed E-state index contributed by atoms with van der Waals surface area (Å²) in [7, 11) is 0. The van der Waals surface area contributed by atoms with Gasteiger partial charge in [0.25, 0.3) is 0 Å². The molecular formula is C12H15NO2. The van der Waals surface area contributed by atoms with Crippen LogP contribution in [0, 0.1) is 0 Å². The number of carbonyl (C=O) groups excluding carboxylic acids is 2. The Morgan fingerprint density at radius 3 is 2.33 bits per heavy atom. The van der Waals surface area contributed by atoms with Crippen molar-refractivity contribution in [1.29, 1.82) is 0 Å². The lowest BCUT2D eigenvalue weighted by atomic mass is 9.95. The maximum Gasteiger partial charge on any atom is 0.205 e. The number of hydrogen-bond acceptors (Lipinski definition) is 3. The summed E-state index contributed by atoms with van der Waals surface area (Å²) in [6.45, 7) is 5.26. The molecule has 1 aliphatic carbocycles. The predicted octanol–water partition coefficient (Wildman–Crippen LogP) is 1.45. The van der Waals surface area contributed by atoms with Gasteiger partial charge in [-0.05, 0) is 32.8 Å². The average Bonchev–Trinajstić information content (AvgIpc) is 2.69. The zero-order valence-corrected chi connectivity index (χ0v) is 9.17. The van der Waals surface area contributed by atoms with E-state index in [0.717, 1.165) is 25.9 Å². The van der Waals surface area contributed by atoms with Gasteiger partial charge in [-0.15, -0.1) is 0 Å². The summed E-state index contributed by atoms with van der Waals surface area (Å²) in [6, 6.07) is 0. The van der Waals surface area contributed by atoms with Crippen molar-refractivity contribution in [2.75, 3.05) is 13.1 Å². The number of Topliss-reactive ketones (excluding diaryl/α,β-unsaturated/α-hetero) is 1. The molecule has 0 saturated carbocycles. The fraction of sp³-hybridized carbons (Fsp3) is 0.500. The van der Waals surface area contributed by atoms with Gasteiger partial charge in [0.2, 0.25) is 5.78 Å². The van der Waals surface area contributed by atoms with Crippen molar-refractivity contribution in [1.82, 2.24) is 4.90 Å². The van der Waals surface area contributed by atoms with Crippen LogP contribution < -0.4 is 0 Å². The topological polar surface area (TPSA) is 37.4 Å². The van der Waals surface area contributed by atoms with Crippen LogP contribution in [0.1, 0.15) is 26.7 Å². The number of nitrogens with zero attached hydrogens (tertiary/aromatic N) is 1. The zero-order chi connectivity index (χ0) is 11.0. The van der Waals surface area contributed by atoms with Crippen LogP contribution in [-0.4, -0.2) is 29.6 Å². The summed E-state index contributed by atoms with van der Waals surface area (Å²) in [6.07, 6.45) is 3.67. The Balaban J connectivity index is 2.38. The largest absolute Gasteiger partial charge is 0.368 e. The molecule has 0 atom stereocenters. The molecule has 15 heavy (non-hydrogen) atoms. The highest BCUT2D eigenvalue weighted by Gasteiger charge is 2.29. The van der Waals surface area contributed by atoms with E-state index in [1.165, 1.54) is 6.08 Å². The van der Waals surface area contributed by atoms with Gasteiger partial charge in [-0.2, -0.15) is 0 Å². The molecule has 0 aromatic rings. The molecular weight excluding hydrogens is 190 g/mol. The molecule has 0 spiro atoms. The number of rotatable bonds is 1. The molecule has 2 aliphatic rings. The second kappa shape index (κ2) is 3.65. The number of hydrogen-bond donors (Lipinski definition) is 0. The number of ketones is 2. The Labute approximate surface area is 89.4 Å². The quantitative estimate of drug-likeness (QED) is 0.608. The molecule has 3 nitrogen and oxygen atoms in total. The van der Waals surface area contributed by atoms with Gasteiger partial charge >= 0.3 is 0 Å². The van der Waals surface area contributed by atoms with Crippen LogP contribution in [-0.2, 0) is 9.59 Å². The van der Waals surface area contributed by atoms with Crippen LogP contribution in [0.5, 0.6) is 0 Å². The van der Waals surface area contributed by atoms with E-state index >= 15 is 0 Å². The van der Waals surface area contributed by atoms with Gasteiger partial charge in [0.1, 0.15) is 0 Å². The normalized spacial score (nSPS) is 22.5. The average molecular weight is 205 g/mol. The van der Waals surface area contributed by atoms with Gasteiger partial charge in [-0.25, -0.2) is 0 Å². The highest BCUT2D eigenvalue weighted by Crippen LogP contribution is 2.25. The second-order valence-corrected chi connectivity index (χ2v) is 4.19. The maximum atomic E-state index is 11.9. The Kier molecular flexibility index (Phi) is 2.47. The molecule has 80 valence electrons. The number of allylic oxidation sites excluding steroid dienone is 3. The van der Waals surface area contributed by atoms with E-state index in [9.17, 15) is 9.59 Å². The van der Waals surface area contributed by atoms with E-state index in [2.05, 4.69) is 0 Å². The van der Waals surface area contributed by atoms with Gasteiger partial charge in [-0.1, -0.05) is 0 Å². The third-order valence-corrected chi connectivity index (χ3v) is 3.07. The fourth-order valence-corrected chi connectivity index (χ4v) is 2.17.